The molecule has 3 aromatic rings. The van der Waals surface area contributed by atoms with E-state index in [1.807, 2.05) is 52.2 Å². The van der Waals surface area contributed by atoms with Crippen molar-refractivity contribution in [1.29, 1.82) is 0 Å². The summed E-state index contributed by atoms with van der Waals surface area (Å²) >= 11 is 0. The van der Waals surface area contributed by atoms with Crippen molar-refractivity contribution in [2.45, 2.75) is 30.8 Å². The molecule has 1 spiro atoms. The molecule has 146 valence electrons. The molecule has 3 saturated heterocycles. The molecule has 5 nitrogen and oxygen atoms in total. The van der Waals surface area contributed by atoms with Crippen molar-refractivity contribution in [2.75, 3.05) is 18.0 Å². The van der Waals surface area contributed by atoms with Crippen LogP contribution in [0.15, 0.2) is 73.1 Å². The fourth-order valence-electron chi connectivity index (χ4n) is 5.87. The van der Waals surface area contributed by atoms with E-state index in [2.05, 4.69) is 40.5 Å². The maximum Gasteiger partial charge on any atom is 0.247 e. The molecule has 2 aromatic carbocycles. The van der Waals surface area contributed by atoms with Crippen molar-refractivity contribution in [3.8, 4) is 5.69 Å². The molecule has 1 aromatic heterocycles. The highest BCUT2D eigenvalue weighted by Gasteiger charge is 2.65. The average Bonchev–Trinajstić information content (AvgIpc) is 3.52. The van der Waals surface area contributed by atoms with Crippen LogP contribution >= 0.6 is 0 Å². The van der Waals surface area contributed by atoms with Gasteiger partial charge in [-0.15, -0.1) is 0 Å². The zero-order valence-corrected chi connectivity index (χ0v) is 16.3. The van der Waals surface area contributed by atoms with Crippen molar-refractivity contribution in [2.24, 2.45) is 5.92 Å². The highest BCUT2D eigenvalue weighted by molar-refractivity contribution is 6.03. The number of amides is 1. The van der Waals surface area contributed by atoms with Crippen LogP contribution in [-0.2, 0) is 4.79 Å². The number of anilines is 1. The van der Waals surface area contributed by atoms with Gasteiger partial charge in [-0.3, -0.25) is 9.69 Å². The Bertz CT molecular complexity index is 1050. The third kappa shape index (κ3) is 2.37. The number of benzene rings is 2. The van der Waals surface area contributed by atoms with Gasteiger partial charge in [-0.1, -0.05) is 36.4 Å². The monoisotopic (exact) mass is 384 g/mol. The molecular weight excluding hydrogens is 360 g/mol. The molecular formula is C24H24N4O. The molecule has 3 aliphatic rings. The fourth-order valence-corrected chi connectivity index (χ4v) is 5.87. The normalized spacial score (nSPS) is 28.7. The van der Waals surface area contributed by atoms with Gasteiger partial charge in [0.25, 0.3) is 0 Å². The number of rotatable bonds is 3. The van der Waals surface area contributed by atoms with E-state index in [9.17, 15) is 4.79 Å². The fraction of sp³-hybridized carbons (Fsp3) is 0.333. The number of nitrogens with zero attached hydrogens (tertiary/aromatic N) is 4. The van der Waals surface area contributed by atoms with E-state index in [-0.39, 0.29) is 11.6 Å². The van der Waals surface area contributed by atoms with Crippen molar-refractivity contribution in [1.82, 2.24) is 14.7 Å². The highest BCUT2D eigenvalue weighted by atomic mass is 16.2. The first kappa shape index (κ1) is 17.0. The molecule has 3 aliphatic heterocycles. The van der Waals surface area contributed by atoms with Gasteiger partial charge in [-0.25, -0.2) is 4.68 Å². The third-order valence-corrected chi connectivity index (χ3v) is 7.12. The molecule has 29 heavy (non-hydrogen) atoms. The van der Waals surface area contributed by atoms with Crippen LogP contribution in [0.1, 0.15) is 30.9 Å². The standard InChI is InChI=1S/C24H24N4O/c29-23-24-12-7-13-27(24)22(14-19(24)17-26(23)20-8-3-1-4-9-20)18-15-25-28(16-18)21-10-5-2-6-11-21/h1-6,8-11,15-16,19,22H,7,12-14,17H2/t19-,22-,24-/m0/s1. The lowest BCUT2D eigenvalue weighted by Gasteiger charge is -2.33. The summed E-state index contributed by atoms with van der Waals surface area (Å²) < 4.78 is 1.95. The van der Waals surface area contributed by atoms with Crippen molar-refractivity contribution < 1.29 is 4.79 Å². The second-order valence-corrected chi connectivity index (χ2v) is 8.47. The number of para-hydroxylation sites is 2. The van der Waals surface area contributed by atoms with Gasteiger partial charge in [0, 0.05) is 36.0 Å². The van der Waals surface area contributed by atoms with Gasteiger partial charge in [0.2, 0.25) is 5.91 Å². The lowest BCUT2D eigenvalue weighted by Crippen LogP contribution is -2.49. The lowest BCUT2D eigenvalue weighted by molar-refractivity contribution is -0.126. The van der Waals surface area contributed by atoms with Gasteiger partial charge in [0.1, 0.15) is 5.54 Å². The topological polar surface area (TPSA) is 41.4 Å². The minimum atomic E-state index is -0.324. The minimum Gasteiger partial charge on any atom is -0.310 e. The summed E-state index contributed by atoms with van der Waals surface area (Å²) in [6.07, 6.45) is 7.23. The second kappa shape index (κ2) is 6.29. The predicted octanol–water partition coefficient (Wildman–Crippen LogP) is 3.81. The predicted molar refractivity (Wildman–Crippen MR) is 112 cm³/mol. The Labute approximate surface area is 170 Å². The number of hydrogen-bond acceptors (Lipinski definition) is 3. The Morgan fingerprint density at radius 2 is 1.69 bits per heavy atom. The third-order valence-electron chi connectivity index (χ3n) is 7.12. The number of carbonyl (C=O) groups is 1. The van der Waals surface area contributed by atoms with Crippen LogP contribution in [0.2, 0.25) is 0 Å². The molecule has 0 aliphatic carbocycles. The Hall–Kier alpha value is -2.92. The van der Waals surface area contributed by atoms with Crippen molar-refractivity contribution >= 4 is 11.6 Å². The van der Waals surface area contributed by atoms with Crippen LogP contribution in [0, 0.1) is 5.92 Å². The summed E-state index contributed by atoms with van der Waals surface area (Å²) in [5, 5.41) is 4.61. The van der Waals surface area contributed by atoms with E-state index < -0.39 is 0 Å². The summed E-state index contributed by atoms with van der Waals surface area (Å²) in [5.41, 5.74) is 3.00. The summed E-state index contributed by atoms with van der Waals surface area (Å²) in [7, 11) is 0. The smallest absolute Gasteiger partial charge is 0.247 e. The highest BCUT2D eigenvalue weighted by Crippen LogP contribution is 2.56. The van der Waals surface area contributed by atoms with Crippen LogP contribution in [-0.4, -0.2) is 39.2 Å². The molecule has 0 radical (unpaired) electrons. The van der Waals surface area contributed by atoms with Gasteiger partial charge in [-0.2, -0.15) is 5.10 Å². The molecule has 4 heterocycles. The van der Waals surface area contributed by atoms with E-state index in [4.69, 9.17) is 0 Å². The minimum absolute atomic E-state index is 0.279. The molecule has 0 bridgehead atoms. The van der Waals surface area contributed by atoms with Crippen molar-refractivity contribution in [3.63, 3.8) is 0 Å². The average molecular weight is 384 g/mol. The Kier molecular flexibility index (Phi) is 3.68. The Balaban J connectivity index is 1.32. The first-order chi connectivity index (χ1) is 14.3. The van der Waals surface area contributed by atoms with Crippen LogP contribution in [0.5, 0.6) is 0 Å². The zero-order valence-electron chi connectivity index (χ0n) is 16.3. The molecule has 3 fully saturated rings. The molecule has 0 unspecified atom stereocenters. The van der Waals surface area contributed by atoms with Gasteiger partial charge in [0.05, 0.1) is 11.9 Å². The maximum atomic E-state index is 13.7. The van der Waals surface area contributed by atoms with Crippen molar-refractivity contribution in [3.05, 3.63) is 78.6 Å². The quantitative estimate of drug-likeness (QED) is 0.689. The lowest BCUT2D eigenvalue weighted by atomic mass is 9.85. The summed E-state index contributed by atoms with van der Waals surface area (Å²) in [6, 6.07) is 20.6. The van der Waals surface area contributed by atoms with E-state index >= 15 is 0 Å². The van der Waals surface area contributed by atoms with Gasteiger partial charge < -0.3 is 4.90 Å². The second-order valence-electron chi connectivity index (χ2n) is 8.47. The summed E-state index contributed by atoms with van der Waals surface area (Å²) in [4.78, 5) is 18.2. The van der Waals surface area contributed by atoms with E-state index in [0.717, 1.165) is 43.7 Å². The summed E-state index contributed by atoms with van der Waals surface area (Å²) in [6.45, 7) is 1.81. The number of aromatic nitrogens is 2. The Morgan fingerprint density at radius 1 is 0.966 bits per heavy atom. The molecule has 6 rings (SSSR count). The molecule has 0 N–H and O–H groups in total. The van der Waals surface area contributed by atoms with Crippen LogP contribution in [0.3, 0.4) is 0 Å². The number of hydrogen-bond donors (Lipinski definition) is 0. The van der Waals surface area contributed by atoms with Gasteiger partial charge >= 0.3 is 0 Å². The first-order valence-corrected chi connectivity index (χ1v) is 10.5. The first-order valence-electron chi connectivity index (χ1n) is 10.5. The van der Waals surface area contributed by atoms with Gasteiger partial charge in [-0.05, 0) is 50.1 Å². The SMILES string of the molecule is O=C1N(c2ccccc2)C[C@@H]2C[C@@H](c3cnn(-c4ccccc4)c3)N3CCC[C@@]123. The molecule has 3 atom stereocenters. The largest absolute Gasteiger partial charge is 0.310 e. The van der Waals surface area contributed by atoms with Crippen LogP contribution in [0.25, 0.3) is 5.69 Å². The maximum absolute atomic E-state index is 13.7. The summed E-state index contributed by atoms with van der Waals surface area (Å²) in [5.74, 6) is 0.673. The Morgan fingerprint density at radius 3 is 2.45 bits per heavy atom. The van der Waals surface area contributed by atoms with E-state index in [0.29, 0.717) is 11.8 Å². The molecule has 5 heteroatoms. The van der Waals surface area contributed by atoms with Gasteiger partial charge in [0.15, 0.2) is 0 Å². The zero-order chi connectivity index (χ0) is 19.4. The molecule has 0 saturated carbocycles. The molecule has 1 amide bonds. The van der Waals surface area contributed by atoms with Crippen LogP contribution in [0.4, 0.5) is 5.69 Å². The van der Waals surface area contributed by atoms with E-state index in [1.165, 1.54) is 5.56 Å². The number of carbonyl (C=O) groups excluding carboxylic acids is 1. The van der Waals surface area contributed by atoms with Crippen LogP contribution < -0.4 is 4.90 Å². The van der Waals surface area contributed by atoms with E-state index in [1.54, 1.807) is 0 Å².